The molecule has 5 rings (SSSR count). The van der Waals surface area contributed by atoms with E-state index in [1.807, 2.05) is 23.5 Å². The van der Waals surface area contributed by atoms with Crippen LogP contribution in [0, 0.1) is 6.92 Å². The number of thiophene rings is 1. The molecule has 168 valence electrons. The average Bonchev–Trinajstić information content (AvgIpc) is 3.10. The van der Waals surface area contributed by atoms with Gasteiger partial charge >= 0.3 is 0 Å². The van der Waals surface area contributed by atoms with Crippen LogP contribution in [-0.2, 0) is 25.2 Å². The zero-order chi connectivity index (χ0) is 22.0. The Morgan fingerprint density at radius 2 is 1.97 bits per heavy atom. The highest BCUT2D eigenvalue weighted by molar-refractivity contribution is 7.10. The number of hydrogen-bond acceptors (Lipinski definition) is 6. The van der Waals surface area contributed by atoms with Crippen molar-refractivity contribution in [3.8, 4) is 5.75 Å². The van der Waals surface area contributed by atoms with E-state index >= 15 is 0 Å². The van der Waals surface area contributed by atoms with Gasteiger partial charge in [-0.05, 0) is 60.5 Å². The lowest BCUT2D eigenvalue weighted by Crippen LogP contribution is -2.42. The Morgan fingerprint density at radius 3 is 2.72 bits per heavy atom. The molecule has 3 aromatic rings. The van der Waals surface area contributed by atoms with E-state index < -0.39 is 5.60 Å². The summed E-state index contributed by atoms with van der Waals surface area (Å²) in [6.07, 6.45) is 5.03. The van der Waals surface area contributed by atoms with Gasteiger partial charge < -0.3 is 9.84 Å². The number of piperidine rings is 1. The largest absolute Gasteiger partial charge is 0.492 e. The number of hydrogen-bond donors (Lipinski definition) is 1. The van der Waals surface area contributed by atoms with Crippen molar-refractivity contribution in [2.24, 2.45) is 0 Å². The van der Waals surface area contributed by atoms with Crippen molar-refractivity contribution >= 4 is 11.3 Å². The molecule has 32 heavy (non-hydrogen) atoms. The Kier molecular flexibility index (Phi) is 6.28. The fourth-order valence-corrected chi connectivity index (χ4v) is 5.72. The highest BCUT2D eigenvalue weighted by atomic mass is 32.1. The van der Waals surface area contributed by atoms with Gasteiger partial charge in [-0.25, -0.2) is 0 Å². The lowest BCUT2D eigenvalue weighted by atomic mass is 9.85. The summed E-state index contributed by atoms with van der Waals surface area (Å²) < 4.78 is 6.06. The number of nitrogens with zero attached hydrogens (tertiary/aromatic N) is 3. The summed E-state index contributed by atoms with van der Waals surface area (Å²) in [4.78, 5) is 10.6. The van der Waals surface area contributed by atoms with E-state index in [0.717, 1.165) is 70.0 Å². The number of likely N-dealkylation sites (tertiary alicyclic amines) is 1. The Hall–Kier alpha value is -2.25. The Morgan fingerprint density at radius 1 is 1.09 bits per heavy atom. The topological polar surface area (TPSA) is 48.8 Å². The SMILES string of the molecule is Cc1ccsc1CN1CCOc2ccc(CN3CCC(O)(c4cccnc4)CC3)cc2C1. The van der Waals surface area contributed by atoms with Gasteiger partial charge in [-0.2, -0.15) is 0 Å². The normalized spacial score (nSPS) is 19.2. The molecular formula is C26H31N3O2S. The standard InChI is InChI=1S/C26H31N3O2S/c1-20-6-14-32-25(20)19-29-12-13-31-24-5-4-21(15-22(24)18-29)17-28-10-7-26(30,8-11-28)23-3-2-9-27-16-23/h2-6,9,14-16,30H,7-8,10-13,17-19H2,1H3. The van der Waals surface area contributed by atoms with Gasteiger partial charge in [-0.15, -0.1) is 11.3 Å². The third kappa shape index (κ3) is 4.74. The number of aryl methyl sites for hydroxylation is 1. The van der Waals surface area contributed by atoms with E-state index in [0.29, 0.717) is 0 Å². The Labute approximate surface area is 194 Å². The molecule has 1 aromatic carbocycles. The molecule has 2 aromatic heterocycles. The molecular weight excluding hydrogens is 418 g/mol. The lowest BCUT2D eigenvalue weighted by Gasteiger charge is -2.38. The van der Waals surface area contributed by atoms with Crippen LogP contribution in [0.4, 0.5) is 0 Å². The summed E-state index contributed by atoms with van der Waals surface area (Å²) in [6, 6.07) is 12.7. The first-order valence-corrected chi connectivity index (χ1v) is 12.3. The Balaban J connectivity index is 1.23. The van der Waals surface area contributed by atoms with Crippen LogP contribution in [0.25, 0.3) is 0 Å². The first-order valence-electron chi connectivity index (χ1n) is 11.4. The van der Waals surface area contributed by atoms with Gasteiger partial charge in [0.1, 0.15) is 12.4 Å². The molecule has 2 aliphatic rings. The van der Waals surface area contributed by atoms with Crippen LogP contribution in [0.1, 0.15) is 40.0 Å². The van der Waals surface area contributed by atoms with Gasteiger partial charge in [-0.1, -0.05) is 12.1 Å². The second-order valence-electron chi connectivity index (χ2n) is 9.08. The molecule has 0 bridgehead atoms. The van der Waals surface area contributed by atoms with E-state index in [2.05, 4.69) is 51.4 Å². The maximum Gasteiger partial charge on any atom is 0.123 e. The van der Waals surface area contributed by atoms with Gasteiger partial charge in [0.25, 0.3) is 0 Å². The van der Waals surface area contributed by atoms with Crippen molar-refractivity contribution in [1.82, 2.24) is 14.8 Å². The third-order valence-electron chi connectivity index (χ3n) is 6.81. The van der Waals surface area contributed by atoms with Crippen molar-refractivity contribution in [2.75, 3.05) is 26.2 Å². The van der Waals surface area contributed by atoms with E-state index in [1.54, 1.807) is 12.4 Å². The third-order valence-corrected chi connectivity index (χ3v) is 7.82. The number of benzene rings is 1. The fraction of sp³-hybridized carbons (Fsp3) is 0.423. The van der Waals surface area contributed by atoms with E-state index in [1.165, 1.54) is 21.6 Å². The van der Waals surface area contributed by atoms with Crippen LogP contribution in [0.2, 0.25) is 0 Å². The van der Waals surface area contributed by atoms with E-state index in [4.69, 9.17) is 4.74 Å². The number of rotatable bonds is 5. The van der Waals surface area contributed by atoms with Crippen molar-refractivity contribution in [3.63, 3.8) is 0 Å². The molecule has 5 nitrogen and oxygen atoms in total. The predicted molar refractivity (Wildman–Crippen MR) is 128 cm³/mol. The highest BCUT2D eigenvalue weighted by Crippen LogP contribution is 2.33. The van der Waals surface area contributed by atoms with Crippen LogP contribution < -0.4 is 4.74 Å². The number of ether oxygens (including phenoxy) is 1. The first kappa shape index (κ1) is 21.6. The maximum absolute atomic E-state index is 11.1. The molecule has 0 unspecified atom stereocenters. The predicted octanol–water partition coefficient (Wildman–Crippen LogP) is 4.33. The lowest BCUT2D eigenvalue weighted by molar-refractivity contribution is -0.0279. The van der Waals surface area contributed by atoms with Gasteiger partial charge in [0, 0.05) is 67.7 Å². The van der Waals surface area contributed by atoms with Gasteiger partial charge in [-0.3, -0.25) is 14.8 Å². The molecule has 0 amide bonds. The number of fused-ring (bicyclic) bond motifs is 1. The average molecular weight is 450 g/mol. The van der Waals surface area contributed by atoms with Crippen LogP contribution in [-0.4, -0.2) is 46.1 Å². The second-order valence-corrected chi connectivity index (χ2v) is 10.1. The minimum absolute atomic E-state index is 0.732. The fourth-order valence-electron chi connectivity index (χ4n) is 4.77. The van der Waals surface area contributed by atoms with Crippen molar-refractivity contribution in [1.29, 1.82) is 0 Å². The van der Waals surface area contributed by atoms with E-state index in [-0.39, 0.29) is 0 Å². The van der Waals surface area contributed by atoms with Crippen molar-refractivity contribution in [3.05, 3.63) is 81.3 Å². The zero-order valence-corrected chi connectivity index (χ0v) is 19.5. The molecule has 1 saturated heterocycles. The smallest absolute Gasteiger partial charge is 0.123 e. The summed E-state index contributed by atoms with van der Waals surface area (Å²) in [5, 5.41) is 13.3. The minimum Gasteiger partial charge on any atom is -0.492 e. The maximum atomic E-state index is 11.1. The molecule has 0 spiro atoms. The summed E-state index contributed by atoms with van der Waals surface area (Å²) >= 11 is 1.84. The van der Waals surface area contributed by atoms with Crippen molar-refractivity contribution in [2.45, 2.75) is 45.0 Å². The number of aliphatic hydroxyl groups is 1. The summed E-state index contributed by atoms with van der Waals surface area (Å²) in [6.45, 7) is 8.43. The van der Waals surface area contributed by atoms with Gasteiger partial charge in [0.15, 0.2) is 0 Å². The number of aromatic nitrogens is 1. The van der Waals surface area contributed by atoms with Crippen LogP contribution in [0.15, 0.2) is 54.2 Å². The Bertz CT molecular complexity index is 1040. The van der Waals surface area contributed by atoms with Crippen LogP contribution in [0.3, 0.4) is 0 Å². The molecule has 1 N–H and O–H groups in total. The monoisotopic (exact) mass is 449 g/mol. The van der Waals surface area contributed by atoms with Crippen molar-refractivity contribution < 1.29 is 9.84 Å². The summed E-state index contributed by atoms with van der Waals surface area (Å²) in [5.74, 6) is 1.02. The number of pyridine rings is 1. The molecule has 0 aliphatic carbocycles. The van der Waals surface area contributed by atoms with E-state index in [9.17, 15) is 5.11 Å². The van der Waals surface area contributed by atoms with Gasteiger partial charge in [0.05, 0.1) is 5.60 Å². The second kappa shape index (κ2) is 9.32. The molecule has 0 saturated carbocycles. The minimum atomic E-state index is -0.757. The summed E-state index contributed by atoms with van der Waals surface area (Å²) in [5.41, 5.74) is 4.15. The molecule has 2 aliphatic heterocycles. The highest BCUT2D eigenvalue weighted by Gasteiger charge is 2.34. The molecule has 0 radical (unpaired) electrons. The molecule has 6 heteroatoms. The molecule has 0 atom stereocenters. The molecule has 4 heterocycles. The summed E-state index contributed by atoms with van der Waals surface area (Å²) in [7, 11) is 0. The van der Waals surface area contributed by atoms with Crippen LogP contribution in [0.5, 0.6) is 5.75 Å². The van der Waals surface area contributed by atoms with Crippen LogP contribution >= 0.6 is 11.3 Å². The first-order chi connectivity index (χ1) is 15.6. The van der Waals surface area contributed by atoms with Gasteiger partial charge in [0.2, 0.25) is 0 Å². The quantitative estimate of drug-likeness (QED) is 0.628. The zero-order valence-electron chi connectivity index (χ0n) is 18.7. The molecule has 1 fully saturated rings.